The van der Waals surface area contributed by atoms with E-state index in [1.165, 1.54) is 11.3 Å². The molecule has 1 amide bonds. The number of carbonyl (C=O) groups is 1. The quantitative estimate of drug-likeness (QED) is 0.851. The van der Waals surface area contributed by atoms with Gasteiger partial charge in [0.2, 0.25) is 0 Å². The topological polar surface area (TPSA) is 28.5 Å². The van der Waals surface area contributed by atoms with Crippen LogP contribution in [-0.2, 0) is 6.54 Å². The SMILES string of the molecule is Cc1cc(C(=O)N2CCN(Cc3ccccc3)CC2)c(C)n1C(C)C. The van der Waals surface area contributed by atoms with E-state index in [0.29, 0.717) is 6.04 Å². The van der Waals surface area contributed by atoms with Crippen molar-refractivity contribution in [2.45, 2.75) is 40.3 Å². The summed E-state index contributed by atoms with van der Waals surface area (Å²) in [5, 5.41) is 0. The number of nitrogens with zero attached hydrogens (tertiary/aromatic N) is 3. The van der Waals surface area contributed by atoms with Crippen LogP contribution in [0, 0.1) is 13.8 Å². The molecular weight excluding hydrogens is 310 g/mol. The highest BCUT2D eigenvalue weighted by molar-refractivity contribution is 5.95. The largest absolute Gasteiger partial charge is 0.346 e. The first-order chi connectivity index (χ1) is 12.0. The average molecular weight is 339 g/mol. The lowest BCUT2D eigenvalue weighted by Crippen LogP contribution is -2.48. The summed E-state index contributed by atoms with van der Waals surface area (Å²) in [5.41, 5.74) is 4.45. The first-order valence-corrected chi connectivity index (χ1v) is 9.21. The molecule has 1 aliphatic heterocycles. The van der Waals surface area contributed by atoms with Crippen molar-refractivity contribution in [3.63, 3.8) is 0 Å². The number of rotatable bonds is 4. The van der Waals surface area contributed by atoms with Crippen molar-refractivity contribution in [1.82, 2.24) is 14.4 Å². The normalized spacial score (nSPS) is 15.8. The molecule has 0 N–H and O–H groups in total. The number of carbonyl (C=O) groups excluding carboxylic acids is 1. The van der Waals surface area contributed by atoms with Gasteiger partial charge in [-0.15, -0.1) is 0 Å². The molecule has 3 rings (SSSR count). The lowest BCUT2D eigenvalue weighted by atomic mass is 10.1. The van der Waals surface area contributed by atoms with Crippen LogP contribution in [0.1, 0.15) is 47.2 Å². The summed E-state index contributed by atoms with van der Waals surface area (Å²) in [6, 6.07) is 13.0. The molecule has 25 heavy (non-hydrogen) atoms. The minimum atomic E-state index is 0.180. The number of aromatic nitrogens is 1. The van der Waals surface area contributed by atoms with Gasteiger partial charge in [-0.1, -0.05) is 30.3 Å². The van der Waals surface area contributed by atoms with Gasteiger partial charge in [0.1, 0.15) is 0 Å². The number of piperazine rings is 1. The second-order valence-corrected chi connectivity index (χ2v) is 7.30. The Hall–Kier alpha value is -2.07. The fourth-order valence-electron chi connectivity index (χ4n) is 3.91. The second kappa shape index (κ2) is 7.44. The third-order valence-electron chi connectivity index (χ3n) is 5.14. The van der Waals surface area contributed by atoms with Gasteiger partial charge in [0.05, 0.1) is 5.56 Å². The summed E-state index contributed by atoms with van der Waals surface area (Å²) in [4.78, 5) is 17.4. The van der Waals surface area contributed by atoms with Crippen molar-refractivity contribution in [3.05, 3.63) is 58.9 Å². The van der Waals surface area contributed by atoms with E-state index in [1.54, 1.807) is 0 Å². The van der Waals surface area contributed by atoms with E-state index in [9.17, 15) is 4.79 Å². The maximum Gasteiger partial charge on any atom is 0.255 e. The monoisotopic (exact) mass is 339 g/mol. The maximum atomic E-state index is 13.0. The van der Waals surface area contributed by atoms with Crippen LogP contribution < -0.4 is 0 Å². The highest BCUT2D eigenvalue weighted by atomic mass is 16.2. The molecule has 2 aromatic rings. The highest BCUT2D eigenvalue weighted by Crippen LogP contribution is 2.22. The summed E-state index contributed by atoms with van der Waals surface area (Å²) in [5.74, 6) is 0.180. The Bertz CT molecular complexity index is 725. The van der Waals surface area contributed by atoms with Gasteiger partial charge in [-0.3, -0.25) is 9.69 Å². The molecule has 0 aliphatic carbocycles. The van der Waals surface area contributed by atoms with E-state index in [-0.39, 0.29) is 5.91 Å². The molecule has 1 fully saturated rings. The molecule has 0 spiro atoms. The molecule has 1 saturated heterocycles. The van der Waals surface area contributed by atoms with Crippen molar-refractivity contribution in [2.75, 3.05) is 26.2 Å². The molecule has 4 nitrogen and oxygen atoms in total. The third-order valence-corrected chi connectivity index (χ3v) is 5.14. The molecule has 0 radical (unpaired) electrons. The van der Waals surface area contributed by atoms with Gasteiger partial charge < -0.3 is 9.47 Å². The zero-order valence-electron chi connectivity index (χ0n) is 15.8. The molecule has 134 valence electrons. The van der Waals surface area contributed by atoms with E-state index < -0.39 is 0 Å². The molecule has 0 atom stereocenters. The van der Waals surface area contributed by atoms with Gasteiger partial charge >= 0.3 is 0 Å². The number of hydrogen-bond donors (Lipinski definition) is 0. The Balaban J connectivity index is 1.63. The Labute approximate surface area is 151 Å². The molecule has 1 aromatic carbocycles. The fraction of sp³-hybridized carbons (Fsp3) is 0.476. The molecule has 0 saturated carbocycles. The second-order valence-electron chi connectivity index (χ2n) is 7.30. The highest BCUT2D eigenvalue weighted by Gasteiger charge is 2.25. The Morgan fingerprint density at radius 1 is 1.04 bits per heavy atom. The summed E-state index contributed by atoms with van der Waals surface area (Å²) in [7, 11) is 0. The molecule has 4 heteroatoms. The first-order valence-electron chi connectivity index (χ1n) is 9.21. The van der Waals surface area contributed by atoms with Gasteiger partial charge in [0, 0.05) is 50.2 Å². The van der Waals surface area contributed by atoms with Crippen LogP contribution in [0.3, 0.4) is 0 Å². The average Bonchev–Trinajstić information content (AvgIpc) is 2.90. The molecule has 2 heterocycles. The molecule has 1 aromatic heterocycles. The molecule has 1 aliphatic rings. The lowest BCUT2D eigenvalue weighted by molar-refractivity contribution is 0.0627. The number of benzene rings is 1. The molecular formula is C21H29N3O. The van der Waals surface area contributed by atoms with Crippen LogP contribution >= 0.6 is 0 Å². The van der Waals surface area contributed by atoms with Gasteiger partial charge in [0.15, 0.2) is 0 Å². The summed E-state index contributed by atoms with van der Waals surface area (Å²) < 4.78 is 2.25. The van der Waals surface area contributed by atoms with Crippen LogP contribution in [0.5, 0.6) is 0 Å². The van der Waals surface area contributed by atoms with Crippen LogP contribution in [0.4, 0.5) is 0 Å². The van der Waals surface area contributed by atoms with Crippen molar-refractivity contribution < 1.29 is 4.79 Å². The van der Waals surface area contributed by atoms with Gasteiger partial charge in [0.25, 0.3) is 5.91 Å². The van der Waals surface area contributed by atoms with E-state index >= 15 is 0 Å². The van der Waals surface area contributed by atoms with Gasteiger partial charge in [-0.2, -0.15) is 0 Å². The first kappa shape index (κ1) is 17.7. The minimum Gasteiger partial charge on any atom is -0.346 e. The predicted octanol–water partition coefficient (Wildman–Crippen LogP) is 3.64. The van der Waals surface area contributed by atoms with Gasteiger partial charge in [-0.05, 0) is 39.3 Å². The number of aryl methyl sites for hydroxylation is 1. The van der Waals surface area contributed by atoms with Crippen LogP contribution in [0.15, 0.2) is 36.4 Å². The van der Waals surface area contributed by atoms with E-state index in [2.05, 4.69) is 61.4 Å². The lowest BCUT2D eigenvalue weighted by Gasteiger charge is -2.34. The fourth-order valence-corrected chi connectivity index (χ4v) is 3.91. The maximum absolute atomic E-state index is 13.0. The van der Waals surface area contributed by atoms with Crippen molar-refractivity contribution >= 4 is 5.91 Å². The number of hydrogen-bond acceptors (Lipinski definition) is 2. The standard InChI is InChI=1S/C21H29N3O/c1-16(2)24-17(3)14-20(18(24)4)21(25)23-12-10-22(11-13-23)15-19-8-6-5-7-9-19/h5-9,14,16H,10-13,15H2,1-4H3. The van der Waals surface area contributed by atoms with E-state index in [4.69, 9.17) is 0 Å². The minimum absolute atomic E-state index is 0.180. The van der Waals surface area contributed by atoms with Crippen molar-refractivity contribution in [1.29, 1.82) is 0 Å². The van der Waals surface area contributed by atoms with Crippen molar-refractivity contribution in [3.8, 4) is 0 Å². The Kier molecular flexibility index (Phi) is 5.28. The van der Waals surface area contributed by atoms with Crippen LogP contribution in [0.2, 0.25) is 0 Å². The zero-order chi connectivity index (χ0) is 18.0. The van der Waals surface area contributed by atoms with Crippen molar-refractivity contribution in [2.24, 2.45) is 0 Å². The van der Waals surface area contributed by atoms with E-state index in [1.807, 2.05) is 17.0 Å². The van der Waals surface area contributed by atoms with Crippen LogP contribution in [-0.4, -0.2) is 46.5 Å². The predicted molar refractivity (Wildman–Crippen MR) is 102 cm³/mol. The molecule has 0 bridgehead atoms. The molecule has 0 unspecified atom stereocenters. The summed E-state index contributed by atoms with van der Waals surface area (Å²) in [6.07, 6.45) is 0. The Morgan fingerprint density at radius 2 is 1.68 bits per heavy atom. The van der Waals surface area contributed by atoms with Gasteiger partial charge in [-0.25, -0.2) is 0 Å². The van der Waals surface area contributed by atoms with Crippen LogP contribution in [0.25, 0.3) is 0 Å². The Morgan fingerprint density at radius 3 is 2.24 bits per heavy atom. The summed E-state index contributed by atoms with van der Waals surface area (Å²) >= 11 is 0. The van der Waals surface area contributed by atoms with E-state index in [0.717, 1.165) is 44.0 Å². The third kappa shape index (κ3) is 3.79. The number of amides is 1. The summed E-state index contributed by atoms with van der Waals surface area (Å²) in [6.45, 7) is 12.9. The zero-order valence-corrected chi connectivity index (χ0v) is 15.8. The smallest absolute Gasteiger partial charge is 0.255 e.